The highest BCUT2D eigenvalue weighted by atomic mass is 32.1. The third kappa shape index (κ3) is 4.01. The van der Waals surface area contributed by atoms with Crippen molar-refractivity contribution >= 4 is 17.2 Å². The summed E-state index contributed by atoms with van der Waals surface area (Å²) in [6.07, 6.45) is 2.45. The predicted molar refractivity (Wildman–Crippen MR) is 78.4 cm³/mol. The topological polar surface area (TPSA) is 45.2 Å². The van der Waals surface area contributed by atoms with Crippen molar-refractivity contribution in [1.29, 1.82) is 0 Å². The van der Waals surface area contributed by atoms with E-state index >= 15 is 0 Å². The summed E-state index contributed by atoms with van der Waals surface area (Å²) in [5, 5.41) is 6.20. The SMILES string of the molecule is CC(C)c1nc(C(C)NC(=O)CN(C)C2CC2)cs1. The highest BCUT2D eigenvalue weighted by Gasteiger charge is 2.27. The fraction of sp³-hybridized carbons (Fsp3) is 0.714. The van der Waals surface area contributed by atoms with Crippen LogP contribution in [0.1, 0.15) is 56.3 Å². The van der Waals surface area contributed by atoms with Gasteiger partial charge in [-0.3, -0.25) is 9.69 Å². The molecule has 1 aliphatic carbocycles. The molecule has 106 valence electrons. The lowest BCUT2D eigenvalue weighted by Gasteiger charge is -2.17. The Kier molecular flexibility index (Phi) is 4.58. The van der Waals surface area contributed by atoms with Gasteiger partial charge in [-0.1, -0.05) is 13.8 Å². The molecule has 1 aromatic heterocycles. The molecule has 0 spiro atoms. The number of carbonyl (C=O) groups excluding carboxylic acids is 1. The Bertz CT molecular complexity index is 440. The van der Waals surface area contributed by atoms with E-state index in [-0.39, 0.29) is 11.9 Å². The van der Waals surface area contributed by atoms with Crippen molar-refractivity contribution in [3.05, 3.63) is 16.1 Å². The van der Waals surface area contributed by atoms with Gasteiger partial charge in [-0.25, -0.2) is 4.98 Å². The minimum Gasteiger partial charge on any atom is -0.347 e. The second-order valence-corrected chi connectivity index (χ2v) is 6.59. The lowest BCUT2D eigenvalue weighted by molar-refractivity contribution is -0.122. The summed E-state index contributed by atoms with van der Waals surface area (Å²) in [7, 11) is 2.02. The molecule has 5 heteroatoms. The molecule has 4 nitrogen and oxygen atoms in total. The maximum absolute atomic E-state index is 11.9. The molecule has 0 aromatic carbocycles. The Hall–Kier alpha value is -0.940. The lowest BCUT2D eigenvalue weighted by Crippen LogP contribution is -2.37. The van der Waals surface area contributed by atoms with Gasteiger partial charge in [0.1, 0.15) is 0 Å². The van der Waals surface area contributed by atoms with Crippen LogP contribution in [0.2, 0.25) is 0 Å². The van der Waals surface area contributed by atoms with E-state index in [9.17, 15) is 4.79 Å². The molecule has 0 saturated heterocycles. The molecule has 1 atom stereocenters. The van der Waals surface area contributed by atoms with Gasteiger partial charge in [-0.05, 0) is 26.8 Å². The molecule has 0 bridgehead atoms. The van der Waals surface area contributed by atoms with Crippen molar-refractivity contribution in [2.45, 2.75) is 51.6 Å². The highest BCUT2D eigenvalue weighted by Crippen LogP contribution is 2.25. The average molecular weight is 281 g/mol. The van der Waals surface area contributed by atoms with Crippen LogP contribution in [0, 0.1) is 0 Å². The first kappa shape index (κ1) is 14.5. The number of likely N-dealkylation sites (N-methyl/N-ethyl adjacent to an activating group) is 1. The fourth-order valence-electron chi connectivity index (χ4n) is 2.00. The van der Waals surface area contributed by atoms with Gasteiger partial charge < -0.3 is 5.32 Å². The Morgan fingerprint density at radius 2 is 2.21 bits per heavy atom. The van der Waals surface area contributed by atoms with Crippen LogP contribution in [0.5, 0.6) is 0 Å². The number of carbonyl (C=O) groups is 1. The van der Waals surface area contributed by atoms with Gasteiger partial charge in [0.2, 0.25) is 5.91 Å². The van der Waals surface area contributed by atoms with Crippen LogP contribution < -0.4 is 5.32 Å². The zero-order valence-electron chi connectivity index (χ0n) is 12.1. The number of hydrogen-bond acceptors (Lipinski definition) is 4. The Morgan fingerprint density at radius 3 is 2.74 bits per heavy atom. The summed E-state index contributed by atoms with van der Waals surface area (Å²) in [6, 6.07) is 0.608. The van der Waals surface area contributed by atoms with E-state index in [1.807, 2.05) is 19.4 Å². The Labute approximate surface area is 119 Å². The first-order valence-electron chi connectivity index (χ1n) is 6.92. The molecule has 1 amide bonds. The molecule has 1 fully saturated rings. The van der Waals surface area contributed by atoms with Crippen molar-refractivity contribution < 1.29 is 4.79 Å². The summed E-state index contributed by atoms with van der Waals surface area (Å²) in [4.78, 5) is 18.6. The maximum Gasteiger partial charge on any atom is 0.234 e. The van der Waals surface area contributed by atoms with Crippen LogP contribution in [-0.4, -0.2) is 35.4 Å². The normalized spacial score (nSPS) is 16.9. The number of nitrogens with zero attached hydrogens (tertiary/aromatic N) is 2. The number of rotatable bonds is 6. The van der Waals surface area contributed by atoms with E-state index in [4.69, 9.17) is 0 Å². The fourth-order valence-corrected chi connectivity index (χ4v) is 2.93. The third-order valence-electron chi connectivity index (χ3n) is 3.42. The smallest absolute Gasteiger partial charge is 0.234 e. The summed E-state index contributed by atoms with van der Waals surface area (Å²) in [5.41, 5.74) is 0.969. The second kappa shape index (κ2) is 6.01. The van der Waals surface area contributed by atoms with Crippen molar-refractivity contribution in [2.24, 2.45) is 0 Å². The van der Waals surface area contributed by atoms with E-state index in [1.165, 1.54) is 12.8 Å². The van der Waals surface area contributed by atoms with Crippen molar-refractivity contribution in [2.75, 3.05) is 13.6 Å². The lowest BCUT2D eigenvalue weighted by atomic mass is 10.2. The molecule has 1 N–H and O–H groups in total. The number of thiazole rings is 1. The molecule has 0 aliphatic heterocycles. The molecular formula is C14H23N3OS. The zero-order chi connectivity index (χ0) is 14.0. The summed E-state index contributed by atoms with van der Waals surface area (Å²) < 4.78 is 0. The van der Waals surface area contributed by atoms with Crippen LogP contribution in [0.25, 0.3) is 0 Å². The van der Waals surface area contributed by atoms with Gasteiger partial charge in [-0.15, -0.1) is 11.3 Å². The molecule has 19 heavy (non-hydrogen) atoms. The molecule has 1 aromatic rings. The molecule has 1 saturated carbocycles. The van der Waals surface area contributed by atoms with Gasteiger partial charge in [0.05, 0.1) is 23.3 Å². The summed E-state index contributed by atoms with van der Waals surface area (Å²) >= 11 is 1.67. The zero-order valence-corrected chi connectivity index (χ0v) is 13.0. The van der Waals surface area contributed by atoms with Crippen LogP contribution >= 0.6 is 11.3 Å². The quantitative estimate of drug-likeness (QED) is 0.871. The van der Waals surface area contributed by atoms with Gasteiger partial charge in [0.25, 0.3) is 0 Å². The van der Waals surface area contributed by atoms with Crippen LogP contribution in [0.3, 0.4) is 0 Å². The van der Waals surface area contributed by atoms with Crippen LogP contribution in [0.4, 0.5) is 0 Å². The molecule has 1 unspecified atom stereocenters. The Balaban J connectivity index is 1.84. The average Bonchev–Trinajstić information content (AvgIpc) is 3.05. The second-order valence-electron chi connectivity index (χ2n) is 5.70. The van der Waals surface area contributed by atoms with Crippen molar-refractivity contribution in [3.63, 3.8) is 0 Å². The van der Waals surface area contributed by atoms with E-state index in [0.29, 0.717) is 18.5 Å². The van der Waals surface area contributed by atoms with Crippen LogP contribution in [0.15, 0.2) is 5.38 Å². The van der Waals surface area contributed by atoms with Gasteiger partial charge in [0.15, 0.2) is 0 Å². The van der Waals surface area contributed by atoms with Crippen LogP contribution in [-0.2, 0) is 4.79 Å². The monoisotopic (exact) mass is 281 g/mol. The molecule has 2 rings (SSSR count). The standard InChI is InChI=1S/C14H23N3OS/c1-9(2)14-16-12(8-19-14)10(3)15-13(18)7-17(4)11-5-6-11/h8-11H,5-7H2,1-4H3,(H,15,18). The molecular weight excluding hydrogens is 258 g/mol. The first-order valence-corrected chi connectivity index (χ1v) is 7.80. The predicted octanol–water partition coefficient (Wildman–Crippen LogP) is 2.54. The summed E-state index contributed by atoms with van der Waals surface area (Å²) in [5.74, 6) is 0.531. The van der Waals surface area contributed by atoms with E-state index in [0.717, 1.165) is 10.7 Å². The number of hydrogen-bond donors (Lipinski definition) is 1. The van der Waals surface area contributed by atoms with E-state index in [2.05, 4.69) is 29.0 Å². The maximum atomic E-state index is 11.9. The molecule has 1 aliphatic rings. The van der Waals surface area contributed by atoms with Crippen molar-refractivity contribution in [1.82, 2.24) is 15.2 Å². The number of aromatic nitrogens is 1. The third-order valence-corrected chi connectivity index (χ3v) is 4.58. The minimum atomic E-state index is -0.0103. The first-order chi connectivity index (χ1) is 8.97. The van der Waals surface area contributed by atoms with Gasteiger partial charge in [-0.2, -0.15) is 0 Å². The Morgan fingerprint density at radius 1 is 1.53 bits per heavy atom. The van der Waals surface area contributed by atoms with E-state index < -0.39 is 0 Å². The highest BCUT2D eigenvalue weighted by molar-refractivity contribution is 7.09. The molecule has 0 radical (unpaired) electrons. The number of nitrogens with one attached hydrogen (secondary N) is 1. The van der Waals surface area contributed by atoms with E-state index in [1.54, 1.807) is 11.3 Å². The number of amides is 1. The van der Waals surface area contributed by atoms with Gasteiger partial charge >= 0.3 is 0 Å². The minimum absolute atomic E-state index is 0.0103. The molecule has 1 heterocycles. The summed E-state index contributed by atoms with van der Waals surface area (Å²) in [6.45, 7) is 6.75. The van der Waals surface area contributed by atoms with Gasteiger partial charge in [0, 0.05) is 17.3 Å². The van der Waals surface area contributed by atoms with Crippen molar-refractivity contribution in [3.8, 4) is 0 Å². The largest absolute Gasteiger partial charge is 0.347 e.